The van der Waals surface area contributed by atoms with Crippen LogP contribution in [0.25, 0.3) is 0 Å². The minimum absolute atomic E-state index is 0.0686. The molecule has 5 nitrogen and oxygen atoms in total. The molecule has 0 saturated heterocycles. The normalized spacial score (nSPS) is 14.5. The third kappa shape index (κ3) is 3.91. The zero-order valence-corrected chi connectivity index (χ0v) is 14.9. The summed E-state index contributed by atoms with van der Waals surface area (Å²) >= 11 is 0. The van der Waals surface area contributed by atoms with Crippen molar-refractivity contribution >= 4 is 15.9 Å². The van der Waals surface area contributed by atoms with E-state index in [1.807, 2.05) is 0 Å². The number of halogens is 2. The smallest absolute Gasteiger partial charge is 0.251 e. The van der Waals surface area contributed by atoms with E-state index in [0.29, 0.717) is 30.0 Å². The highest BCUT2D eigenvalue weighted by Gasteiger charge is 2.38. The third-order valence-corrected chi connectivity index (χ3v) is 6.05. The summed E-state index contributed by atoms with van der Waals surface area (Å²) in [5, 5.41) is 2.51. The Balaban J connectivity index is 1.88. The topological polar surface area (TPSA) is 66.5 Å². The maximum absolute atomic E-state index is 13.5. The van der Waals surface area contributed by atoms with E-state index >= 15 is 0 Å². The Morgan fingerprint density at radius 3 is 2.19 bits per heavy atom. The van der Waals surface area contributed by atoms with Crippen LogP contribution in [0.1, 0.15) is 28.8 Å². The first-order valence-electron chi connectivity index (χ1n) is 8.10. The molecule has 0 radical (unpaired) electrons. The Bertz CT molecular complexity index is 906. The van der Waals surface area contributed by atoms with Crippen molar-refractivity contribution in [3.63, 3.8) is 0 Å². The van der Waals surface area contributed by atoms with Gasteiger partial charge in [0.15, 0.2) is 0 Å². The van der Waals surface area contributed by atoms with Crippen molar-refractivity contribution in [3.8, 4) is 0 Å². The van der Waals surface area contributed by atoms with Crippen LogP contribution in [0.5, 0.6) is 0 Å². The number of nitrogens with one attached hydrogen (secondary N) is 1. The van der Waals surface area contributed by atoms with E-state index in [2.05, 4.69) is 5.32 Å². The van der Waals surface area contributed by atoms with E-state index < -0.39 is 26.6 Å². The van der Waals surface area contributed by atoms with Crippen LogP contribution < -0.4 is 5.32 Å². The molecule has 0 heterocycles. The Hall–Kier alpha value is -2.32. The van der Waals surface area contributed by atoms with Crippen molar-refractivity contribution in [2.24, 2.45) is 0 Å². The van der Waals surface area contributed by atoms with Crippen LogP contribution in [0.2, 0.25) is 0 Å². The molecule has 26 heavy (non-hydrogen) atoms. The average molecular weight is 380 g/mol. The van der Waals surface area contributed by atoms with Crippen molar-refractivity contribution in [3.05, 3.63) is 65.2 Å². The van der Waals surface area contributed by atoms with E-state index in [1.165, 1.54) is 11.4 Å². The van der Waals surface area contributed by atoms with Crippen molar-refractivity contribution in [1.29, 1.82) is 0 Å². The number of rotatable bonds is 6. The fourth-order valence-corrected chi connectivity index (χ4v) is 4.39. The summed E-state index contributed by atoms with van der Waals surface area (Å²) in [6.45, 7) is 0.0686. The molecule has 0 atom stereocenters. The molecule has 2 aromatic carbocycles. The average Bonchev–Trinajstić information content (AvgIpc) is 3.43. The van der Waals surface area contributed by atoms with E-state index in [1.54, 1.807) is 24.3 Å². The lowest BCUT2D eigenvalue weighted by Crippen LogP contribution is -2.32. The fourth-order valence-electron chi connectivity index (χ4n) is 2.67. The van der Waals surface area contributed by atoms with Gasteiger partial charge in [-0.15, -0.1) is 0 Å². The number of sulfonamides is 1. The maximum atomic E-state index is 13.5. The van der Waals surface area contributed by atoms with E-state index in [-0.39, 0.29) is 18.5 Å². The van der Waals surface area contributed by atoms with Gasteiger partial charge >= 0.3 is 0 Å². The SMILES string of the molecule is CNC(=O)c1ccc(CN(C2CC2)S(=O)(=O)c2cc(F)cc(F)c2)cc1. The monoisotopic (exact) mass is 380 g/mol. The number of carbonyl (C=O) groups excluding carboxylic acids is 1. The van der Waals surface area contributed by atoms with Gasteiger partial charge in [-0.1, -0.05) is 12.1 Å². The van der Waals surface area contributed by atoms with Crippen LogP contribution in [0.3, 0.4) is 0 Å². The first-order valence-corrected chi connectivity index (χ1v) is 9.54. The van der Waals surface area contributed by atoms with Crippen molar-refractivity contribution in [2.75, 3.05) is 7.05 Å². The van der Waals surface area contributed by atoms with Gasteiger partial charge in [-0.05, 0) is 42.7 Å². The minimum atomic E-state index is -4.04. The van der Waals surface area contributed by atoms with Crippen molar-refractivity contribution in [2.45, 2.75) is 30.3 Å². The van der Waals surface area contributed by atoms with E-state index in [4.69, 9.17) is 0 Å². The largest absolute Gasteiger partial charge is 0.355 e. The summed E-state index contributed by atoms with van der Waals surface area (Å²) in [7, 11) is -2.51. The van der Waals surface area contributed by atoms with Gasteiger partial charge in [0, 0.05) is 31.3 Å². The number of benzene rings is 2. The molecular weight excluding hydrogens is 362 g/mol. The standard InChI is InChI=1S/C18H18F2N2O3S/c1-21-18(23)13-4-2-12(3-5-13)11-22(16-6-7-16)26(24,25)17-9-14(19)8-15(20)10-17/h2-5,8-10,16H,6-7,11H2,1H3,(H,21,23). The molecule has 0 aliphatic heterocycles. The first kappa shape index (κ1) is 18.5. The molecule has 1 aliphatic carbocycles. The highest BCUT2D eigenvalue weighted by Crippen LogP contribution is 2.34. The lowest BCUT2D eigenvalue weighted by molar-refractivity contribution is 0.0963. The fraction of sp³-hybridized carbons (Fsp3) is 0.278. The summed E-state index contributed by atoms with van der Waals surface area (Å²) in [4.78, 5) is 11.2. The number of hydrogen-bond donors (Lipinski definition) is 1. The van der Waals surface area contributed by atoms with E-state index in [9.17, 15) is 22.0 Å². The third-order valence-electron chi connectivity index (χ3n) is 4.18. The number of hydrogen-bond acceptors (Lipinski definition) is 3. The molecule has 0 aromatic heterocycles. The summed E-state index contributed by atoms with van der Waals surface area (Å²) in [5.74, 6) is -2.11. The summed E-state index contributed by atoms with van der Waals surface area (Å²) in [6.07, 6.45) is 1.40. The van der Waals surface area contributed by atoms with Crippen LogP contribution in [0.15, 0.2) is 47.4 Å². The first-order chi connectivity index (χ1) is 12.3. The van der Waals surface area contributed by atoms with Crippen LogP contribution in [-0.4, -0.2) is 31.7 Å². The van der Waals surface area contributed by atoms with Crippen molar-refractivity contribution in [1.82, 2.24) is 9.62 Å². The molecule has 1 aliphatic rings. The molecule has 138 valence electrons. The second-order valence-electron chi connectivity index (χ2n) is 6.16. The van der Waals surface area contributed by atoms with Gasteiger partial charge in [0.05, 0.1) is 4.90 Å². The Labute approximate surface area is 150 Å². The molecule has 3 rings (SSSR count). The van der Waals surface area contributed by atoms with Gasteiger partial charge in [0.25, 0.3) is 5.91 Å². The van der Waals surface area contributed by atoms with Crippen LogP contribution >= 0.6 is 0 Å². The molecule has 1 amide bonds. The molecule has 8 heteroatoms. The van der Waals surface area contributed by atoms with Gasteiger partial charge in [0.2, 0.25) is 10.0 Å². The maximum Gasteiger partial charge on any atom is 0.251 e. The lowest BCUT2D eigenvalue weighted by Gasteiger charge is -2.22. The van der Waals surface area contributed by atoms with Gasteiger partial charge < -0.3 is 5.32 Å². The second-order valence-corrected chi connectivity index (χ2v) is 8.05. The molecule has 2 aromatic rings. The van der Waals surface area contributed by atoms with Crippen LogP contribution in [0.4, 0.5) is 8.78 Å². The Morgan fingerprint density at radius 1 is 1.12 bits per heavy atom. The highest BCUT2D eigenvalue weighted by molar-refractivity contribution is 7.89. The van der Waals surface area contributed by atoms with E-state index in [0.717, 1.165) is 12.1 Å². The van der Waals surface area contributed by atoms with Crippen LogP contribution in [0, 0.1) is 11.6 Å². The lowest BCUT2D eigenvalue weighted by atomic mass is 10.1. The molecule has 0 spiro atoms. The number of amides is 1. The zero-order chi connectivity index (χ0) is 18.9. The Morgan fingerprint density at radius 2 is 1.69 bits per heavy atom. The molecular formula is C18H18F2N2O3S. The molecule has 1 fully saturated rings. The minimum Gasteiger partial charge on any atom is -0.355 e. The predicted octanol–water partition coefficient (Wildman–Crippen LogP) is 2.68. The summed E-state index contributed by atoms with van der Waals surface area (Å²) in [5.41, 5.74) is 1.15. The second kappa shape index (κ2) is 7.13. The number of nitrogens with zero attached hydrogens (tertiary/aromatic N) is 1. The van der Waals surface area contributed by atoms with Crippen molar-refractivity contribution < 1.29 is 22.0 Å². The van der Waals surface area contributed by atoms with Gasteiger partial charge in [-0.2, -0.15) is 4.31 Å². The Kier molecular flexibility index (Phi) is 5.06. The van der Waals surface area contributed by atoms with Gasteiger partial charge in [-0.25, -0.2) is 17.2 Å². The zero-order valence-electron chi connectivity index (χ0n) is 14.1. The molecule has 1 N–H and O–H groups in total. The number of carbonyl (C=O) groups is 1. The quantitative estimate of drug-likeness (QED) is 0.838. The summed E-state index contributed by atoms with van der Waals surface area (Å²) < 4.78 is 53.9. The van der Waals surface area contributed by atoms with Gasteiger partial charge in [-0.3, -0.25) is 4.79 Å². The van der Waals surface area contributed by atoms with Gasteiger partial charge in [0.1, 0.15) is 11.6 Å². The molecule has 1 saturated carbocycles. The highest BCUT2D eigenvalue weighted by atomic mass is 32.2. The molecule has 0 unspecified atom stereocenters. The molecule has 0 bridgehead atoms. The summed E-state index contributed by atoms with van der Waals surface area (Å²) in [6, 6.07) is 8.64. The van der Waals surface area contributed by atoms with Crippen LogP contribution in [-0.2, 0) is 16.6 Å². The predicted molar refractivity (Wildman–Crippen MR) is 91.9 cm³/mol.